The van der Waals surface area contributed by atoms with Crippen LogP contribution in [0.3, 0.4) is 0 Å². The molecule has 7 nitrogen and oxygen atoms in total. The van der Waals surface area contributed by atoms with Crippen molar-refractivity contribution in [1.82, 2.24) is 5.43 Å². The number of nitro benzene ring substituents is 1. The molecular weight excluding hydrogens is 310 g/mol. The van der Waals surface area contributed by atoms with Crippen LogP contribution >= 0.6 is 0 Å². The highest BCUT2D eigenvalue weighted by atomic mass is 16.6. The second-order valence-electron chi connectivity index (χ2n) is 4.83. The Kier molecular flexibility index (Phi) is 6.01. The second kappa shape index (κ2) is 8.42. The number of hydrogen-bond donors (Lipinski definition) is 1. The minimum absolute atomic E-state index is 0.0420. The van der Waals surface area contributed by atoms with Crippen LogP contribution in [-0.2, 0) is 4.79 Å². The summed E-state index contributed by atoms with van der Waals surface area (Å²) in [7, 11) is 0. The van der Waals surface area contributed by atoms with Crippen LogP contribution in [0.2, 0.25) is 0 Å². The van der Waals surface area contributed by atoms with Gasteiger partial charge in [0.25, 0.3) is 5.91 Å². The van der Waals surface area contributed by atoms with Gasteiger partial charge in [-0.15, -0.1) is 0 Å². The summed E-state index contributed by atoms with van der Waals surface area (Å²) < 4.78 is 5.21. The number of para-hydroxylation sites is 2. The lowest BCUT2D eigenvalue weighted by atomic mass is 10.1. The summed E-state index contributed by atoms with van der Waals surface area (Å²) in [5.74, 6) is -0.449. The quantitative estimate of drug-likeness (QED) is 0.480. The van der Waals surface area contributed by atoms with Crippen LogP contribution < -0.4 is 10.2 Å². The minimum atomic E-state index is -0.560. The number of nitro groups is 1. The third kappa shape index (κ3) is 4.64. The molecule has 2 aromatic rings. The molecule has 0 saturated heterocycles. The summed E-state index contributed by atoms with van der Waals surface area (Å²) in [5, 5.41) is 15.0. The predicted octanol–water partition coefficient (Wildman–Crippen LogP) is 2.90. The number of nitrogens with zero attached hydrogens (tertiary/aromatic N) is 2. The van der Waals surface area contributed by atoms with E-state index in [4.69, 9.17) is 4.74 Å². The molecule has 2 rings (SSSR count). The monoisotopic (exact) mass is 327 g/mol. The lowest BCUT2D eigenvalue weighted by Gasteiger charge is -2.07. The number of amides is 1. The van der Waals surface area contributed by atoms with Crippen LogP contribution in [0.5, 0.6) is 5.75 Å². The lowest BCUT2D eigenvalue weighted by molar-refractivity contribution is -0.385. The van der Waals surface area contributed by atoms with Gasteiger partial charge in [0.2, 0.25) is 0 Å². The zero-order valence-electron chi connectivity index (χ0n) is 13.1. The van der Waals surface area contributed by atoms with Gasteiger partial charge in [0.15, 0.2) is 12.4 Å². The Hall–Kier alpha value is -3.22. The van der Waals surface area contributed by atoms with Crippen molar-refractivity contribution in [2.45, 2.75) is 13.3 Å². The molecule has 1 N–H and O–H groups in total. The highest BCUT2D eigenvalue weighted by Crippen LogP contribution is 2.25. The zero-order chi connectivity index (χ0) is 17.4. The Bertz CT molecular complexity index is 745. The maximum atomic E-state index is 11.8. The zero-order valence-corrected chi connectivity index (χ0v) is 13.1. The third-order valence-corrected chi connectivity index (χ3v) is 3.18. The first-order valence-corrected chi connectivity index (χ1v) is 7.39. The van der Waals surface area contributed by atoms with Crippen molar-refractivity contribution in [2.75, 3.05) is 6.61 Å². The maximum absolute atomic E-state index is 11.8. The molecule has 0 fully saturated rings. The molecule has 1 amide bonds. The van der Waals surface area contributed by atoms with Crippen LogP contribution in [0, 0.1) is 10.1 Å². The highest BCUT2D eigenvalue weighted by Gasteiger charge is 2.14. The van der Waals surface area contributed by atoms with E-state index in [1.165, 1.54) is 18.2 Å². The average molecular weight is 327 g/mol. The number of carbonyl (C=O) groups excluding carboxylic acids is 1. The van der Waals surface area contributed by atoms with E-state index in [1.807, 2.05) is 37.3 Å². The minimum Gasteiger partial charge on any atom is -0.477 e. The SMILES string of the molecule is CC/C(=N/NC(=O)COc1ccccc1[N+](=O)[O-])c1ccccc1. The molecule has 0 bridgehead atoms. The van der Waals surface area contributed by atoms with Gasteiger partial charge in [-0.3, -0.25) is 14.9 Å². The average Bonchev–Trinajstić information content (AvgIpc) is 2.61. The van der Waals surface area contributed by atoms with E-state index in [1.54, 1.807) is 6.07 Å². The first kappa shape index (κ1) is 17.1. The summed E-state index contributed by atoms with van der Waals surface area (Å²) in [6.07, 6.45) is 0.648. The van der Waals surface area contributed by atoms with E-state index < -0.39 is 10.8 Å². The number of ether oxygens (including phenoxy) is 1. The maximum Gasteiger partial charge on any atom is 0.310 e. The summed E-state index contributed by atoms with van der Waals surface area (Å²) in [4.78, 5) is 22.2. The predicted molar refractivity (Wildman–Crippen MR) is 90.0 cm³/mol. The van der Waals surface area contributed by atoms with Gasteiger partial charge >= 0.3 is 5.69 Å². The van der Waals surface area contributed by atoms with E-state index in [9.17, 15) is 14.9 Å². The molecule has 0 spiro atoms. The number of hydrogen-bond acceptors (Lipinski definition) is 5. The van der Waals surface area contributed by atoms with Crippen molar-refractivity contribution in [1.29, 1.82) is 0 Å². The molecule has 0 radical (unpaired) electrons. The van der Waals surface area contributed by atoms with Crippen molar-refractivity contribution in [3.05, 3.63) is 70.3 Å². The Morgan fingerprint density at radius 1 is 1.17 bits per heavy atom. The van der Waals surface area contributed by atoms with Crippen LogP contribution in [0.25, 0.3) is 0 Å². The standard InChI is InChI=1S/C17H17N3O4/c1-2-14(13-8-4-3-5-9-13)18-19-17(21)12-24-16-11-7-6-10-15(16)20(22)23/h3-11H,2,12H2,1H3,(H,19,21)/b18-14-. The molecule has 2 aromatic carbocycles. The fourth-order valence-electron chi connectivity index (χ4n) is 2.01. The number of hydrazone groups is 1. The lowest BCUT2D eigenvalue weighted by Crippen LogP contribution is -2.26. The molecule has 0 atom stereocenters. The Morgan fingerprint density at radius 3 is 2.50 bits per heavy atom. The number of rotatable bonds is 7. The number of carbonyl (C=O) groups is 1. The molecule has 124 valence electrons. The molecule has 0 aromatic heterocycles. The number of nitrogens with one attached hydrogen (secondary N) is 1. The van der Waals surface area contributed by atoms with Crippen molar-refractivity contribution in [3.8, 4) is 5.75 Å². The Balaban J connectivity index is 1.96. The normalized spacial score (nSPS) is 11.0. The van der Waals surface area contributed by atoms with Crippen molar-refractivity contribution in [3.63, 3.8) is 0 Å². The van der Waals surface area contributed by atoms with Crippen LogP contribution in [0.15, 0.2) is 59.7 Å². The van der Waals surface area contributed by atoms with Gasteiger partial charge < -0.3 is 4.74 Å². The summed E-state index contributed by atoms with van der Waals surface area (Å²) in [6.45, 7) is 1.57. The van der Waals surface area contributed by atoms with Crippen LogP contribution in [-0.4, -0.2) is 23.1 Å². The summed E-state index contributed by atoms with van der Waals surface area (Å²) in [5.41, 5.74) is 3.87. The Morgan fingerprint density at radius 2 is 1.83 bits per heavy atom. The molecule has 24 heavy (non-hydrogen) atoms. The van der Waals surface area contributed by atoms with Crippen LogP contribution in [0.1, 0.15) is 18.9 Å². The smallest absolute Gasteiger partial charge is 0.310 e. The second-order valence-corrected chi connectivity index (χ2v) is 4.83. The molecule has 0 heterocycles. The molecule has 0 saturated carbocycles. The topological polar surface area (TPSA) is 93.8 Å². The molecule has 7 heteroatoms. The van der Waals surface area contributed by atoms with Crippen LogP contribution in [0.4, 0.5) is 5.69 Å². The van der Waals surface area contributed by atoms with E-state index in [0.717, 1.165) is 11.3 Å². The first-order chi connectivity index (χ1) is 11.6. The molecule has 0 unspecified atom stereocenters. The van der Waals surface area contributed by atoms with Gasteiger partial charge in [-0.1, -0.05) is 49.4 Å². The molecule has 0 aliphatic carbocycles. The van der Waals surface area contributed by atoms with Gasteiger partial charge in [-0.05, 0) is 18.1 Å². The molecule has 0 aliphatic heterocycles. The van der Waals surface area contributed by atoms with Gasteiger partial charge in [-0.25, -0.2) is 5.43 Å². The van der Waals surface area contributed by atoms with Gasteiger partial charge in [0, 0.05) is 6.07 Å². The largest absolute Gasteiger partial charge is 0.477 e. The summed E-state index contributed by atoms with van der Waals surface area (Å²) >= 11 is 0. The Labute approximate surface area is 139 Å². The third-order valence-electron chi connectivity index (χ3n) is 3.18. The van der Waals surface area contributed by atoms with Crippen molar-refractivity contribution < 1.29 is 14.5 Å². The van der Waals surface area contributed by atoms with Gasteiger partial charge in [0.05, 0.1) is 10.6 Å². The van der Waals surface area contributed by atoms with Gasteiger partial charge in [-0.2, -0.15) is 5.10 Å². The van der Waals surface area contributed by atoms with Crippen molar-refractivity contribution in [2.24, 2.45) is 5.10 Å². The molecule has 0 aliphatic rings. The fraction of sp³-hybridized carbons (Fsp3) is 0.176. The number of benzene rings is 2. The highest BCUT2D eigenvalue weighted by molar-refractivity contribution is 6.00. The summed E-state index contributed by atoms with van der Waals surface area (Å²) in [6, 6.07) is 15.4. The van der Waals surface area contributed by atoms with E-state index in [2.05, 4.69) is 10.5 Å². The van der Waals surface area contributed by atoms with E-state index in [-0.39, 0.29) is 18.0 Å². The van der Waals surface area contributed by atoms with Gasteiger partial charge in [0.1, 0.15) is 0 Å². The fourth-order valence-corrected chi connectivity index (χ4v) is 2.01. The molecular formula is C17H17N3O4. The first-order valence-electron chi connectivity index (χ1n) is 7.39. The van der Waals surface area contributed by atoms with Crippen molar-refractivity contribution >= 4 is 17.3 Å². The van der Waals surface area contributed by atoms with E-state index in [0.29, 0.717) is 6.42 Å². The van der Waals surface area contributed by atoms with E-state index >= 15 is 0 Å².